The highest BCUT2D eigenvalue weighted by atomic mass is 35.5. The van der Waals surface area contributed by atoms with Gasteiger partial charge >= 0.3 is 0 Å². The van der Waals surface area contributed by atoms with Crippen LogP contribution in [-0.4, -0.2) is 17.1 Å². The third-order valence-corrected chi connectivity index (χ3v) is 6.74. The van der Waals surface area contributed by atoms with E-state index in [0.29, 0.717) is 29.5 Å². The molecule has 36 heavy (non-hydrogen) atoms. The van der Waals surface area contributed by atoms with Crippen molar-refractivity contribution in [3.8, 4) is 5.75 Å². The van der Waals surface area contributed by atoms with E-state index in [0.717, 1.165) is 33.4 Å². The average Bonchev–Trinajstić information content (AvgIpc) is 3.40. The number of aromatic nitrogens is 1. The van der Waals surface area contributed by atoms with Gasteiger partial charge in [0.05, 0.1) is 22.8 Å². The lowest BCUT2D eigenvalue weighted by atomic mass is 10.0. The first-order valence-electron chi connectivity index (χ1n) is 11.9. The van der Waals surface area contributed by atoms with Gasteiger partial charge in [-0.1, -0.05) is 78.3 Å². The third-order valence-electron chi connectivity index (χ3n) is 6.43. The standard InChI is InChI=1S/C31H23ClN2O2/c32-27-14-6-9-17-30(27)36-19-18-33-21-22(24-12-4-7-15-28(24)33)20-26-25-13-5-8-16-29(25)34(31(26)35)23-10-2-1-3-11-23/h1-17,20-21H,18-19H2. The Balaban J connectivity index is 1.36. The van der Waals surface area contributed by atoms with Gasteiger partial charge in [-0.3, -0.25) is 9.69 Å². The van der Waals surface area contributed by atoms with Gasteiger partial charge < -0.3 is 9.30 Å². The van der Waals surface area contributed by atoms with E-state index in [1.807, 2.05) is 97.1 Å². The Morgan fingerprint density at radius 1 is 0.806 bits per heavy atom. The maximum absolute atomic E-state index is 13.7. The molecule has 5 heteroatoms. The number of benzene rings is 4. The van der Waals surface area contributed by atoms with E-state index in [9.17, 15) is 4.79 Å². The number of rotatable bonds is 6. The van der Waals surface area contributed by atoms with Gasteiger partial charge in [0.2, 0.25) is 0 Å². The number of para-hydroxylation sites is 4. The van der Waals surface area contributed by atoms with Gasteiger partial charge in [-0.15, -0.1) is 0 Å². The molecule has 1 aliphatic heterocycles. The molecule has 1 aromatic heterocycles. The summed E-state index contributed by atoms with van der Waals surface area (Å²) in [6.07, 6.45) is 4.10. The fraction of sp³-hybridized carbons (Fsp3) is 0.0645. The molecule has 0 saturated heterocycles. The number of hydrogen-bond acceptors (Lipinski definition) is 2. The van der Waals surface area contributed by atoms with Crippen LogP contribution in [0.5, 0.6) is 5.75 Å². The van der Waals surface area contributed by atoms with Crippen molar-refractivity contribution < 1.29 is 9.53 Å². The molecule has 0 atom stereocenters. The molecule has 5 aromatic rings. The van der Waals surface area contributed by atoms with Crippen LogP contribution in [0.1, 0.15) is 11.1 Å². The number of carbonyl (C=O) groups is 1. The smallest absolute Gasteiger partial charge is 0.263 e. The van der Waals surface area contributed by atoms with Crippen molar-refractivity contribution in [2.75, 3.05) is 11.5 Å². The van der Waals surface area contributed by atoms with Crippen molar-refractivity contribution in [3.05, 3.63) is 125 Å². The first kappa shape index (κ1) is 22.2. The second-order valence-electron chi connectivity index (χ2n) is 8.63. The zero-order valence-corrected chi connectivity index (χ0v) is 20.2. The number of amides is 1. The van der Waals surface area contributed by atoms with Gasteiger partial charge in [-0.05, 0) is 42.5 Å². The Bertz CT molecular complexity index is 1600. The molecule has 1 aliphatic rings. The van der Waals surface area contributed by atoms with E-state index in [2.05, 4.69) is 22.9 Å². The normalized spacial score (nSPS) is 14.0. The monoisotopic (exact) mass is 490 g/mol. The molecule has 0 radical (unpaired) electrons. The zero-order valence-electron chi connectivity index (χ0n) is 19.5. The van der Waals surface area contributed by atoms with Crippen molar-refractivity contribution in [1.82, 2.24) is 4.57 Å². The van der Waals surface area contributed by atoms with E-state index in [1.54, 1.807) is 4.90 Å². The van der Waals surface area contributed by atoms with Gasteiger partial charge in [0.1, 0.15) is 12.4 Å². The summed E-state index contributed by atoms with van der Waals surface area (Å²) in [6, 6.07) is 33.4. The van der Waals surface area contributed by atoms with Crippen LogP contribution in [0.25, 0.3) is 22.6 Å². The number of carbonyl (C=O) groups excluding carboxylic acids is 1. The number of halogens is 1. The van der Waals surface area contributed by atoms with Crippen molar-refractivity contribution in [1.29, 1.82) is 0 Å². The molecular weight excluding hydrogens is 468 g/mol. The highest BCUT2D eigenvalue weighted by molar-refractivity contribution is 6.38. The van der Waals surface area contributed by atoms with Gasteiger partial charge in [0, 0.05) is 33.9 Å². The molecule has 0 N–H and O–H groups in total. The maximum Gasteiger partial charge on any atom is 0.263 e. The number of ether oxygens (including phenoxy) is 1. The number of fused-ring (bicyclic) bond motifs is 2. The third kappa shape index (κ3) is 3.96. The minimum atomic E-state index is -0.0266. The summed E-state index contributed by atoms with van der Waals surface area (Å²) in [4.78, 5) is 15.5. The van der Waals surface area contributed by atoms with Crippen molar-refractivity contribution in [3.63, 3.8) is 0 Å². The minimum Gasteiger partial charge on any atom is -0.490 e. The Morgan fingerprint density at radius 3 is 2.39 bits per heavy atom. The van der Waals surface area contributed by atoms with Gasteiger partial charge in [0.15, 0.2) is 0 Å². The van der Waals surface area contributed by atoms with Crippen LogP contribution in [-0.2, 0) is 11.3 Å². The largest absolute Gasteiger partial charge is 0.490 e. The Labute approximate surface area is 214 Å². The molecule has 0 spiro atoms. The van der Waals surface area contributed by atoms with Crippen LogP contribution in [0, 0.1) is 0 Å². The Morgan fingerprint density at radius 2 is 1.53 bits per heavy atom. The SMILES string of the molecule is O=C1C(=Cc2cn(CCOc3ccccc3Cl)c3ccccc23)c2ccccc2N1c1ccccc1. The molecule has 4 aromatic carbocycles. The van der Waals surface area contributed by atoms with Crippen molar-refractivity contribution >= 4 is 51.4 Å². The average molecular weight is 491 g/mol. The molecule has 0 aliphatic carbocycles. The topological polar surface area (TPSA) is 34.5 Å². The fourth-order valence-corrected chi connectivity index (χ4v) is 4.95. The van der Waals surface area contributed by atoms with Crippen LogP contribution < -0.4 is 9.64 Å². The predicted octanol–water partition coefficient (Wildman–Crippen LogP) is 7.59. The number of hydrogen-bond donors (Lipinski definition) is 0. The summed E-state index contributed by atoms with van der Waals surface area (Å²) in [5.74, 6) is 0.647. The highest BCUT2D eigenvalue weighted by Crippen LogP contribution is 2.42. The summed E-state index contributed by atoms with van der Waals surface area (Å²) in [5, 5.41) is 1.69. The summed E-state index contributed by atoms with van der Waals surface area (Å²) in [5.41, 5.74) is 5.46. The molecule has 6 rings (SSSR count). The van der Waals surface area contributed by atoms with E-state index < -0.39 is 0 Å². The lowest BCUT2D eigenvalue weighted by molar-refractivity contribution is -0.112. The van der Waals surface area contributed by atoms with Crippen LogP contribution in [0.4, 0.5) is 11.4 Å². The highest BCUT2D eigenvalue weighted by Gasteiger charge is 2.33. The van der Waals surface area contributed by atoms with E-state index >= 15 is 0 Å². The zero-order chi connectivity index (χ0) is 24.5. The Kier molecular flexibility index (Phi) is 5.80. The van der Waals surface area contributed by atoms with E-state index in [1.165, 1.54) is 0 Å². The summed E-state index contributed by atoms with van der Waals surface area (Å²) < 4.78 is 8.10. The van der Waals surface area contributed by atoms with Crippen LogP contribution in [0.2, 0.25) is 5.02 Å². The Hall–Kier alpha value is -4.28. The molecule has 0 bridgehead atoms. The van der Waals surface area contributed by atoms with Gasteiger partial charge in [-0.25, -0.2) is 0 Å². The molecular formula is C31H23ClN2O2. The lowest BCUT2D eigenvalue weighted by Gasteiger charge is -2.16. The molecule has 0 unspecified atom stereocenters. The summed E-state index contributed by atoms with van der Waals surface area (Å²) >= 11 is 6.24. The molecule has 0 fully saturated rings. The molecule has 176 valence electrons. The van der Waals surface area contributed by atoms with Gasteiger partial charge in [-0.2, -0.15) is 0 Å². The number of nitrogens with zero attached hydrogens (tertiary/aromatic N) is 2. The fourth-order valence-electron chi connectivity index (χ4n) is 4.76. The first-order valence-corrected chi connectivity index (χ1v) is 12.2. The van der Waals surface area contributed by atoms with Crippen molar-refractivity contribution in [2.45, 2.75) is 6.54 Å². The summed E-state index contributed by atoms with van der Waals surface area (Å²) in [7, 11) is 0. The maximum atomic E-state index is 13.7. The summed E-state index contributed by atoms with van der Waals surface area (Å²) in [6.45, 7) is 1.12. The van der Waals surface area contributed by atoms with Crippen molar-refractivity contribution in [2.24, 2.45) is 0 Å². The minimum absolute atomic E-state index is 0.0266. The first-order chi connectivity index (χ1) is 17.7. The number of anilines is 2. The molecule has 0 saturated carbocycles. The second kappa shape index (κ2) is 9.40. The van der Waals surface area contributed by atoms with Crippen LogP contribution >= 0.6 is 11.6 Å². The van der Waals surface area contributed by atoms with Crippen LogP contribution in [0.15, 0.2) is 109 Å². The van der Waals surface area contributed by atoms with E-state index in [-0.39, 0.29) is 5.91 Å². The van der Waals surface area contributed by atoms with Gasteiger partial charge in [0.25, 0.3) is 5.91 Å². The van der Waals surface area contributed by atoms with E-state index in [4.69, 9.17) is 16.3 Å². The predicted molar refractivity (Wildman–Crippen MR) is 147 cm³/mol. The quantitative estimate of drug-likeness (QED) is 0.230. The molecule has 1 amide bonds. The molecule has 4 nitrogen and oxygen atoms in total. The lowest BCUT2D eigenvalue weighted by Crippen LogP contribution is -2.20. The second-order valence-corrected chi connectivity index (χ2v) is 9.03. The van der Waals surface area contributed by atoms with Crippen LogP contribution in [0.3, 0.4) is 0 Å². The molecule has 2 heterocycles.